The molecule has 16 nitrogen and oxygen atoms in total. The Morgan fingerprint density at radius 2 is 0.697 bits per heavy atom. The molecule has 200 valence electrons. The maximum atomic E-state index is 8.88. The van der Waals surface area contributed by atoms with Gasteiger partial charge >= 0.3 is 23.5 Å². The van der Waals surface area contributed by atoms with Gasteiger partial charge in [0.2, 0.25) is 0 Å². The van der Waals surface area contributed by atoms with Crippen LogP contribution in [0.1, 0.15) is 25.7 Å². The number of hydrogen-bond acceptors (Lipinski definition) is 7. The Bertz CT molecular complexity index is 585. The van der Waals surface area contributed by atoms with Gasteiger partial charge in [-0.1, -0.05) is 0 Å². The summed E-state index contributed by atoms with van der Waals surface area (Å²) in [6.45, 7) is 7.53. The number of hydrogen-bond donors (Lipinski definition) is 11. The van der Waals surface area contributed by atoms with E-state index in [2.05, 4.69) is 9.80 Å². The predicted octanol–water partition coefficient (Wildman–Crippen LogP) is -2.71. The van der Waals surface area contributed by atoms with Crippen molar-refractivity contribution in [1.29, 1.82) is 0 Å². The standard InChI is InChI=1S/2C7H14N2.3H3O4P/c2*8-7-5-9-3-1-6(7)2-4-9;3*1-5(2,3)4/h2*6-7H,1-5,8H2;3*(H3,1,2,3,4). The van der Waals surface area contributed by atoms with E-state index in [9.17, 15) is 0 Å². The van der Waals surface area contributed by atoms with Crippen LogP contribution in [0.4, 0.5) is 0 Å². The van der Waals surface area contributed by atoms with Gasteiger partial charge in [-0.05, 0) is 63.7 Å². The van der Waals surface area contributed by atoms with E-state index in [4.69, 9.17) is 69.2 Å². The zero-order valence-corrected chi connectivity index (χ0v) is 20.7. The van der Waals surface area contributed by atoms with E-state index in [-0.39, 0.29) is 0 Å². The normalized spacial score (nSPS) is 32.5. The lowest BCUT2D eigenvalue weighted by atomic mass is 9.85. The van der Waals surface area contributed by atoms with Crippen molar-refractivity contribution in [1.82, 2.24) is 9.80 Å². The summed E-state index contributed by atoms with van der Waals surface area (Å²) in [5.74, 6) is 1.71. The third-order valence-corrected chi connectivity index (χ3v) is 5.41. The van der Waals surface area contributed by atoms with E-state index in [0.29, 0.717) is 12.1 Å². The van der Waals surface area contributed by atoms with Crippen LogP contribution in [0.5, 0.6) is 0 Å². The molecule has 0 aromatic carbocycles. The summed E-state index contributed by atoms with van der Waals surface area (Å²) in [6, 6.07) is 0.986. The van der Waals surface area contributed by atoms with Crippen molar-refractivity contribution in [3.63, 3.8) is 0 Å². The third-order valence-electron chi connectivity index (χ3n) is 5.41. The fourth-order valence-electron chi connectivity index (χ4n) is 4.02. The van der Waals surface area contributed by atoms with Crippen LogP contribution >= 0.6 is 23.5 Å². The molecule has 6 saturated heterocycles. The molecule has 13 N–H and O–H groups in total. The Morgan fingerprint density at radius 1 is 0.515 bits per heavy atom. The second-order valence-corrected chi connectivity index (χ2v) is 11.2. The second kappa shape index (κ2) is 14.7. The van der Waals surface area contributed by atoms with Crippen LogP contribution in [0.25, 0.3) is 0 Å². The summed E-state index contributed by atoms with van der Waals surface area (Å²) in [5.41, 5.74) is 11.8. The van der Waals surface area contributed by atoms with Crippen molar-refractivity contribution in [3.8, 4) is 0 Å². The summed E-state index contributed by atoms with van der Waals surface area (Å²) in [6.07, 6.45) is 5.39. The minimum Gasteiger partial charge on any atom is -0.326 e. The topological polar surface area (TPSA) is 292 Å². The van der Waals surface area contributed by atoms with Gasteiger partial charge in [0, 0.05) is 25.2 Å². The fourth-order valence-corrected chi connectivity index (χ4v) is 4.02. The third kappa shape index (κ3) is 22.4. The molecule has 0 aromatic rings. The average molecular weight is 546 g/mol. The Morgan fingerprint density at radius 3 is 0.758 bits per heavy atom. The van der Waals surface area contributed by atoms with E-state index >= 15 is 0 Å². The number of phosphoric acid groups is 3. The molecule has 0 aliphatic carbocycles. The van der Waals surface area contributed by atoms with Crippen molar-refractivity contribution in [2.75, 3.05) is 39.3 Å². The van der Waals surface area contributed by atoms with Gasteiger partial charge in [-0.2, -0.15) is 0 Å². The van der Waals surface area contributed by atoms with Crippen LogP contribution < -0.4 is 11.5 Å². The zero-order valence-electron chi connectivity index (χ0n) is 18.0. The molecule has 33 heavy (non-hydrogen) atoms. The van der Waals surface area contributed by atoms with Gasteiger partial charge in [-0.25, -0.2) is 13.7 Å². The van der Waals surface area contributed by atoms with E-state index in [1.165, 1.54) is 51.9 Å². The van der Waals surface area contributed by atoms with Crippen molar-refractivity contribution in [3.05, 3.63) is 0 Å². The second-order valence-electron chi connectivity index (χ2n) is 8.14. The maximum Gasteiger partial charge on any atom is 0.466 e. The molecule has 6 fully saturated rings. The first kappa shape index (κ1) is 33.2. The Hall–Kier alpha value is 0.170. The molecule has 6 aliphatic rings. The summed E-state index contributed by atoms with van der Waals surface area (Å²) >= 11 is 0. The lowest BCUT2D eigenvalue weighted by molar-refractivity contribution is 0.0896. The summed E-state index contributed by atoms with van der Waals surface area (Å²) in [7, 11) is -13.9. The molecule has 0 aromatic heterocycles. The van der Waals surface area contributed by atoms with Gasteiger partial charge in [0.1, 0.15) is 0 Å². The maximum absolute atomic E-state index is 8.88. The molecule has 2 atom stereocenters. The predicted molar refractivity (Wildman–Crippen MR) is 117 cm³/mol. The summed E-state index contributed by atoms with van der Waals surface area (Å²) < 4.78 is 26.6. The molecule has 0 spiro atoms. The number of rotatable bonds is 0. The van der Waals surface area contributed by atoms with Crippen LogP contribution in [0.15, 0.2) is 0 Å². The first-order valence-corrected chi connectivity index (χ1v) is 14.7. The van der Waals surface area contributed by atoms with E-state index in [1.807, 2.05) is 0 Å². The van der Waals surface area contributed by atoms with E-state index in [1.54, 1.807) is 0 Å². The van der Waals surface area contributed by atoms with Crippen molar-refractivity contribution in [2.45, 2.75) is 37.8 Å². The number of nitrogens with zero attached hydrogens (tertiary/aromatic N) is 2. The Balaban J connectivity index is 0.000000404. The van der Waals surface area contributed by atoms with E-state index in [0.717, 1.165) is 24.9 Å². The Labute approximate surface area is 191 Å². The van der Waals surface area contributed by atoms with Crippen molar-refractivity contribution >= 4 is 23.5 Å². The molecule has 0 saturated carbocycles. The molecular formula is C14H37N4O12P3. The number of nitrogens with two attached hydrogens (primary N) is 2. The molecule has 6 rings (SSSR count). The molecule has 19 heteroatoms. The molecule has 2 unspecified atom stereocenters. The molecule has 6 heterocycles. The number of piperidine rings is 6. The molecule has 4 bridgehead atoms. The number of fused-ring (bicyclic) bond motifs is 6. The lowest BCUT2D eigenvalue weighted by Gasteiger charge is -2.43. The zero-order chi connectivity index (χ0) is 26.0. The highest BCUT2D eigenvalue weighted by Crippen LogP contribution is 2.27. The monoisotopic (exact) mass is 546 g/mol. The first-order chi connectivity index (χ1) is 14.7. The summed E-state index contributed by atoms with van der Waals surface area (Å²) in [5, 5.41) is 0. The molecule has 6 aliphatic heterocycles. The Kier molecular flexibility index (Phi) is 14.7. The van der Waals surface area contributed by atoms with Crippen molar-refractivity contribution < 1.29 is 57.7 Å². The lowest BCUT2D eigenvalue weighted by Crippen LogP contribution is -2.54. The molecule has 0 radical (unpaired) electrons. The minimum atomic E-state index is -4.64. The van der Waals surface area contributed by atoms with Crippen molar-refractivity contribution in [2.24, 2.45) is 23.3 Å². The first-order valence-electron chi connectivity index (χ1n) is 10.0. The van der Waals surface area contributed by atoms with Crippen LogP contribution in [0.3, 0.4) is 0 Å². The fraction of sp³-hybridized carbons (Fsp3) is 1.00. The van der Waals surface area contributed by atoms with Crippen LogP contribution in [-0.2, 0) is 13.7 Å². The van der Waals surface area contributed by atoms with Crippen LogP contribution in [-0.4, -0.2) is 105 Å². The van der Waals surface area contributed by atoms with E-state index < -0.39 is 23.5 Å². The highest BCUT2D eigenvalue weighted by atomic mass is 31.2. The highest BCUT2D eigenvalue weighted by Gasteiger charge is 2.32. The quantitative estimate of drug-likeness (QED) is 0.138. The largest absolute Gasteiger partial charge is 0.466 e. The SMILES string of the molecule is NC1CN2CCC1CC2.NC1CN2CCC1CC2.O=P(O)(O)O.O=P(O)(O)O.O=P(O)(O)O. The minimum absolute atomic E-state index is 0.493. The molecule has 0 amide bonds. The van der Waals surface area contributed by atoms with Gasteiger partial charge < -0.3 is 65.3 Å². The van der Waals surface area contributed by atoms with Gasteiger partial charge in [-0.3, -0.25) is 0 Å². The van der Waals surface area contributed by atoms with Crippen LogP contribution in [0.2, 0.25) is 0 Å². The molecular weight excluding hydrogens is 509 g/mol. The average Bonchev–Trinajstić information content (AvgIpc) is 2.60. The van der Waals surface area contributed by atoms with Gasteiger partial charge in [-0.15, -0.1) is 0 Å². The highest BCUT2D eigenvalue weighted by molar-refractivity contribution is 7.45. The summed E-state index contributed by atoms with van der Waals surface area (Å²) in [4.78, 5) is 69.6. The smallest absolute Gasteiger partial charge is 0.326 e. The van der Waals surface area contributed by atoms with Crippen LogP contribution in [0, 0.1) is 11.8 Å². The van der Waals surface area contributed by atoms with Gasteiger partial charge in [0.05, 0.1) is 0 Å². The van der Waals surface area contributed by atoms with Gasteiger partial charge in [0.15, 0.2) is 0 Å². The van der Waals surface area contributed by atoms with Gasteiger partial charge in [0.25, 0.3) is 0 Å².